The van der Waals surface area contributed by atoms with Crippen molar-refractivity contribution in [3.05, 3.63) is 34.3 Å². The van der Waals surface area contributed by atoms with Gasteiger partial charge in [0.05, 0.1) is 12.8 Å². The molecule has 0 aliphatic heterocycles. The first-order chi connectivity index (χ1) is 7.19. The fourth-order valence-electron chi connectivity index (χ4n) is 1.36. The van der Waals surface area contributed by atoms with Crippen LogP contribution in [0.1, 0.15) is 17.3 Å². The summed E-state index contributed by atoms with van der Waals surface area (Å²) in [5, 5.41) is 3.66. The molecule has 0 radical (unpaired) electrons. The van der Waals surface area contributed by atoms with Crippen LogP contribution >= 0.6 is 11.6 Å². The van der Waals surface area contributed by atoms with E-state index in [0.29, 0.717) is 11.6 Å². The van der Waals surface area contributed by atoms with Gasteiger partial charge in [0.25, 0.3) is 0 Å². The van der Waals surface area contributed by atoms with E-state index in [0.717, 1.165) is 12.0 Å². The molecule has 1 unspecified atom stereocenters. The lowest BCUT2D eigenvalue weighted by atomic mass is 10.1. The number of hydrogen-bond acceptors (Lipinski definition) is 3. The van der Waals surface area contributed by atoms with Gasteiger partial charge in [-0.3, -0.25) is 0 Å². The van der Waals surface area contributed by atoms with E-state index in [2.05, 4.69) is 5.32 Å². The van der Waals surface area contributed by atoms with Gasteiger partial charge in [0, 0.05) is 17.7 Å². The normalized spacial score (nSPS) is 12.8. The van der Waals surface area contributed by atoms with Crippen molar-refractivity contribution in [2.45, 2.75) is 12.6 Å². The molecule has 0 saturated carbocycles. The molecule has 1 rings (SSSR count). The predicted molar refractivity (Wildman–Crippen MR) is 63.0 cm³/mol. The molecule has 0 amide bonds. The van der Waals surface area contributed by atoms with Crippen molar-refractivity contribution in [1.82, 2.24) is 5.32 Å². The number of ether oxygens (including phenoxy) is 1. The monoisotopic (exact) mass is 228 g/mol. The minimum atomic E-state index is -0.222. The van der Waals surface area contributed by atoms with Crippen LogP contribution in [0.2, 0.25) is 5.02 Å². The quantitative estimate of drug-likeness (QED) is 0.755. The average Bonchev–Trinajstić information content (AvgIpc) is 2.27. The fraction of sp³-hybridized carbons (Fsp3) is 0.455. The van der Waals surface area contributed by atoms with Gasteiger partial charge in [0.1, 0.15) is 0 Å². The summed E-state index contributed by atoms with van der Waals surface area (Å²) >= 11 is 6.05. The van der Waals surface area contributed by atoms with E-state index in [1.807, 2.05) is 25.2 Å². The smallest absolute Gasteiger partial charge is 0.0822 e. The van der Waals surface area contributed by atoms with Gasteiger partial charge in [-0.05, 0) is 25.1 Å². The Balaban J connectivity index is 2.84. The Morgan fingerprint density at radius 2 is 2.27 bits per heavy atom. The Labute approximate surface area is 95.6 Å². The highest BCUT2D eigenvalue weighted by Crippen LogP contribution is 2.21. The Bertz CT molecular complexity index is 317. The molecule has 0 aromatic heterocycles. The maximum Gasteiger partial charge on any atom is 0.0822 e. The van der Waals surface area contributed by atoms with Crippen molar-refractivity contribution in [3.8, 4) is 0 Å². The molecule has 3 nitrogen and oxygen atoms in total. The van der Waals surface area contributed by atoms with E-state index in [4.69, 9.17) is 22.1 Å². The number of benzene rings is 1. The number of methoxy groups -OCH3 is 1. The van der Waals surface area contributed by atoms with E-state index >= 15 is 0 Å². The molecule has 0 bridgehead atoms. The van der Waals surface area contributed by atoms with Gasteiger partial charge < -0.3 is 15.8 Å². The number of nitrogens with one attached hydrogen (secondary N) is 1. The van der Waals surface area contributed by atoms with Crippen LogP contribution in [0.25, 0.3) is 0 Å². The molecule has 0 spiro atoms. The second-order valence-electron chi connectivity index (χ2n) is 3.37. The summed E-state index contributed by atoms with van der Waals surface area (Å²) in [6, 6.07) is 5.88. The highest BCUT2D eigenvalue weighted by molar-refractivity contribution is 6.31. The second kappa shape index (κ2) is 6.08. The summed E-state index contributed by atoms with van der Waals surface area (Å²) in [5.74, 6) is 0. The van der Waals surface area contributed by atoms with Crippen LogP contribution in [-0.2, 0) is 11.2 Å². The van der Waals surface area contributed by atoms with Gasteiger partial charge in [0.2, 0.25) is 0 Å². The Hall–Kier alpha value is -0.610. The predicted octanol–water partition coefficient (Wildman–Crippen LogP) is 1.71. The van der Waals surface area contributed by atoms with Crippen LogP contribution < -0.4 is 11.1 Å². The fourth-order valence-corrected chi connectivity index (χ4v) is 1.60. The third-order valence-corrected chi connectivity index (χ3v) is 2.65. The second-order valence-corrected chi connectivity index (χ2v) is 3.77. The molecular weight excluding hydrogens is 212 g/mol. The summed E-state index contributed by atoms with van der Waals surface area (Å²) < 4.78 is 5.02. The van der Waals surface area contributed by atoms with Crippen molar-refractivity contribution in [2.24, 2.45) is 5.73 Å². The number of halogens is 1. The molecule has 0 aliphatic rings. The number of hydrogen-bond donors (Lipinski definition) is 2. The molecule has 4 heteroatoms. The average molecular weight is 229 g/mol. The van der Waals surface area contributed by atoms with Crippen LogP contribution in [0.15, 0.2) is 18.2 Å². The van der Waals surface area contributed by atoms with Gasteiger partial charge >= 0.3 is 0 Å². The molecule has 1 aromatic carbocycles. The number of nitrogens with two attached hydrogens (primary N) is 1. The maximum absolute atomic E-state index is 6.05. The van der Waals surface area contributed by atoms with Crippen molar-refractivity contribution < 1.29 is 4.74 Å². The summed E-state index contributed by atoms with van der Waals surface area (Å²) in [6.07, 6.45) is 0.650. The van der Waals surface area contributed by atoms with Crippen molar-refractivity contribution in [2.75, 3.05) is 20.8 Å². The molecule has 0 fully saturated rings. The lowest BCUT2D eigenvalue weighted by Crippen LogP contribution is -2.25. The summed E-state index contributed by atoms with van der Waals surface area (Å²) in [7, 11) is 3.50. The van der Waals surface area contributed by atoms with E-state index in [-0.39, 0.29) is 6.17 Å². The van der Waals surface area contributed by atoms with Crippen molar-refractivity contribution in [1.29, 1.82) is 0 Å². The van der Waals surface area contributed by atoms with Crippen molar-refractivity contribution in [3.63, 3.8) is 0 Å². The molecule has 84 valence electrons. The van der Waals surface area contributed by atoms with E-state index in [1.54, 1.807) is 7.11 Å². The summed E-state index contributed by atoms with van der Waals surface area (Å²) in [6.45, 7) is 0.704. The summed E-state index contributed by atoms with van der Waals surface area (Å²) in [4.78, 5) is 0. The zero-order valence-electron chi connectivity index (χ0n) is 9.09. The minimum Gasteiger partial charge on any atom is -0.384 e. The van der Waals surface area contributed by atoms with Gasteiger partial charge in [0.15, 0.2) is 0 Å². The maximum atomic E-state index is 6.05. The molecule has 1 aromatic rings. The van der Waals surface area contributed by atoms with Crippen molar-refractivity contribution >= 4 is 11.6 Å². The van der Waals surface area contributed by atoms with Gasteiger partial charge in [-0.2, -0.15) is 0 Å². The zero-order chi connectivity index (χ0) is 11.3. The van der Waals surface area contributed by atoms with E-state index < -0.39 is 0 Å². The van der Waals surface area contributed by atoms with Gasteiger partial charge in [-0.15, -0.1) is 0 Å². The summed E-state index contributed by atoms with van der Waals surface area (Å²) in [5.41, 5.74) is 7.97. The number of rotatable bonds is 5. The molecule has 0 saturated heterocycles. The Morgan fingerprint density at radius 1 is 1.53 bits per heavy atom. The Kier molecular flexibility index (Phi) is 5.05. The molecule has 0 heterocycles. The van der Waals surface area contributed by atoms with Crippen LogP contribution in [0.3, 0.4) is 0 Å². The first kappa shape index (κ1) is 12.5. The highest BCUT2D eigenvalue weighted by Gasteiger charge is 2.08. The SMILES string of the molecule is CNC(N)c1cc(CCOC)ccc1Cl. The third-order valence-electron chi connectivity index (χ3n) is 2.30. The lowest BCUT2D eigenvalue weighted by molar-refractivity contribution is 0.202. The van der Waals surface area contributed by atoms with Gasteiger partial charge in [-0.1, -0.05) is 23.7 Å². The highest BCUT2D eigenvalue weighted by atomic mass is 35.5. The largest absolute Gasteiger partial charge is 0.384 e. The molecular formula is C11H17ClN2O. The molecule has 15 heavy (non-hydrogen) atoms. The first-order valence-corrected chi connectivity index (χ1v) is 5.27. The zero-order valence-corrected chi connectivity index (χ0v) is 9.84. The van der Waals surface area contributed by atoms with E-state index in [9.17, 15) is 0 Å². The topological polar surface area (TPSA) is 47.3 Å². The Morgan fingerprint density at radius 3 is 2.87 bits per heavy atom. The first-order valence-electron chi connectivity index (χ1n) is 4.89. The van der Waals surface area contributed by atoms with E-state index in [1.165, 1.54) is 5.56 Å². The minimum absolute atomic E-state index is 0.222. The molecule has 0 aliphatic carbocycles. The standard InChI is InChI=1S/C11H17ClN2O/c1-14-11(13)9-7-8(5-6-15-2)3-4-10(9)12/h3-4,7,11,14H,5-6,13H2,1-2H3. The molecule has 1 atom stereocenters. The van der Waals surface area contributed by atoms with Gasteiger partial charge in [-0.25, -0.2) is 0 Å². The van der Waals surface area contributed by atoms with Crippen LogP contribution in [0.5, 0.6) is 0 Å². The lowest BCUT2D eigenvalue weighted by Gasteiger charge is -2.14. The third kappa shape index (κ3) is 3.47. The molecule has 3 N–H and O–H groups in total. The van der Waals surface area contributed by atoms with Crippen LogP contribution in [0, 0.1) is 0 Å². The van der Waals surface area contributed by atoms with Crippen LogP contribution in [0.4, 0.5) is 0 Å². The van der Waals surface area contributed by atoms with Crippen LogP contribution in [-0.4, -0.2) is 20.8 Å².